The van der Waals surface area contributed by atoms with Gasteiger partial charge in [-0.25, -0.2) is 9.78 Å². The molecule has 27 heavy (non-hydrogen) atoms. The second-order valence-corrected chi connectivity index (χ2v) is 8.49. The maximum absolute atomic E-state index is 12.4. The predicted octanol–water partition coefficient (Wildman–Crippen LogP) is 3.27. The summed E-state index contributed by atoms with van der Waals surface area (Å²) < 4.78 is 6.05. The molecule has 0 radical (unpaired) electrons. The molecule has 1 saturated carbocycles. The fraction of sp³-hybridized carbons (Fsp3) is 0.700. The zero-order chi connectivity index (χ0) is 19.2. The number of esters is 1. The standard InChI is InChI=1S/C20H30BrN3O3/c1-2-10-27-20(26)16-11-14(21)12-22-19(16)24-9-8-17(18(25)13-24)23-15-6-4-3-5-7-15/h11-12,15,17-18,23,25H,2-10,13H2,1H3/t17-,18-/m1/s1. The van der Waals surface area contributed by atoms with E-state index in [1.54, 1.807) is 12.3 Å². The number of piperidine rings is 1. The number of hydrogen-bond acceptors (Lipinski definition) is 6. The second-order valence-electron chi connectivity index (χ2n) is 7.57. The van der Waals surface area contributed by atoms with E-state index in [2.05, 4.69) is 26.2 Å². The van der Waals surface area contributed by atoms with E-state index >= 15 is 0 Å². The van der Waals surface area contributed by atoms with Crippen molar-refractivity contribution in [2.45, 2.75) is 70.1 Å². The van der Waals surface area contributed by atoms with Gasteiger partial charge >= 0.3 is 5.97 Å². The number of aliphatic hydroxyl groups is 1. The van der Waals surface area contributed by atoms with Gasteiger partial charge in [0.2, 0.25) is 0 Å². The molecule has 150 valence electrons. The van der Waals surface area contributed by atoms with Gasteiger partial charge in [0.15, 0.2) is 0 Å². The van der Waals surface area contributed by atoms with Gasteiger partial charge in [-0.2, -0.15) is 0 Å². The molecule has 2 N–H and O–H groups in total. The lowest BCUT2D eigenvalue weighted by atomic mass is 9.92. The normalized spacial score (nSPS) is 24.0. The van der Waals surface area contributed by atoms with Crippen LogP contribution in [0.15, 0.2) is 16.7 Å². The number of nitrogens with one attached hydrogen (secondary N) is 1. The highest BCUT2D eigenvalue weighted by molar-refractivity contribution is 9.10. The first-order chi connectivity index (χ1) is 13.1. The summed E-state index contributed by atoms with van der Waals surface area (Å²) in [5.74, 6) is 0.229. The Bertz CT molecular complexity index is 637. The molecule has 0 amide bonds. The molecule has 1 aromatic heterocycles. The number of hydrogen-bond donors (Lipinski definition) is 2. The number of rotatable bonds is 6. The smallest absolute Gasteiger partial charge is 0.341 e. The molecule has 3 rings (SSSR count). The predicted molar refractivity (Wildman–Crippen MR) is 109 cm³/mol. The van der Waals surface area contributed by atoms with Crippen molar-refractivity contribution >= 4 is 27.7 Å². The van der Waals surface area contributed by atoms with E-state index in [1.165, 1.54) is 32.1 Å². The molecular formula is C20H30BrN3O3. The SMILES string of the molecule is CCCOC(=O)c1cc(Br)cnc1N1CC[C@@H](NC2CCCCC2)[C@H](O)C1. The van der Waals surface area contributed by atoms with Crippen LogP contribution in [0.25, 0.3) is 0 Å². The van der Waals surface area contributed by atoms with Crippen LogP contribution in [0.4, 0.5) is 5.82 Å². The Morgan fingerprint density at radius 3 is 2.85 bits per heavy atom. The fourth-order valence-electron chi connectivity index (χ4n) is 4.00. The van der Waals surface area contributed by atoms with Gasteiger partial charge in [-0.3, -0.25) is 0 Å². The topological polar surface area (TPSA) is 74.7 Å². The van der Waals surface area contributed by atoms with Crippen LogP contribution in [-0.4, -0.2) is 53.9 Å². The second kappa shape index (κ2) is 9.85. The minimum absolute atomic E-state index is 0.107. The van der Waals surface area contributed by atoms with Crippen molar-refractivity contribution in [3.8, 4) is 0 Å². The lowest BCUT2D eigenvalue weighted by molar-refractivity contribution is 0.0504. The third kappa shape index (κ3) is 5.42. The quantitative estimate of drug-likeness (QED) is 0.662. The number of nitrogens with zero attached hydrogens (tertiary/aromatic N) is 2. The number of carbonyl (C=O) groups is 1. The summed E-state index contributed by atoms with van der Waals surface area (Å²) in [4.78, 5) is 18.9. The van der Waals surface area contributed by atoms with E-state index in [0.717, 1.165) is 23.9 Å². The summed E-state index contributed by atoms with van der Waals surface area (Å²) in [6, 6.07) is 2.38. The molecular weight excluding hydrogens is 410 g/mol. The molecule has 1 aliphatic carbocycles. The number of anilines is 1. The molecule has 2 atom stereocenters. The van der Waals surface area contributed by atoms with Crippen molar-refractivity contribution in [3.63, 3.8) is 0 Å². The number of aliphatic hydroxyl groups excluding tert-OH is 1. The summed E-state index contributed by atoms with van der Waals surface area (Å²) in [5.41, 5.74) is 0.448. The lowest BCUT2D eigenvalue weighted by Crippen LogP contribution is -2.55. The Labute approximate surface area is 169 Å². The number of ether oxygens (including phenoxy) is 1. The number of carbonyl (C=O) groups excluding carboxylic acids is 1. The van der Waals surface area contributed by atoms with Crippen LogP contribution in [0.3, 0.4) is 0 Å². The first-order valence-corrected chi connectivity index (χ1v) is 10.9. The van der Waals surface area contributed by atoms with Crippen LogP contribution >= 0.6 is 15.9 Å². The van der Waals surface area contributed by atoms with Gasteiger partial charge in [0.25, 0.3) is 0 Å². The summed E-state index contributed by atoms with van der Waals surface area (Å²) in [7, 11) is 0. The molecule has 0 bridgehead atoms. The van der Waals surface area contributed by atoms with Crippen molar-refractivity contribution in [3.05, 3.63) is 22.3 Å². The van der Waals surface area contributed by atoms with E-state index in [9.17, 15) is 9.90 Å². The molecule has 7 heteroatoms. The van der Waals surface area contributed by atoms with Gasteiger partial charge in [0, 0.05) is 35.8 Å². The summed E-state index contributed by atoms with van der Waals surface area (Å²) in [6.07, 6.45) is 9.10. The van der Waals surface area contributed by atoms with Crippen LogP contribution in [0.2, 0.25) is 0 Å². The van der Waals surface area contributed by atoms with E-state index in [-0.39, 0.29) is 12.0 Å². The Balaban J connectivity index is 1.66. The van der Waals surface area contributed by atoms with Crippen molar-refractivity contribution in [2.75, 3.05) is 24.6 Å². The minimum atomic E-state index is -0.481. The van der Waals surface area contributed by atoms with Gasteiger partial charge in [-0.1, -0.05) is 26.2 Å². The van der Waals surface area contributed by atoms with Gasteiger partial charge in [0.1, 0.15) is 11.4 Å². The number of aromatic nitrogens is 1. The first-order valence-electron chi connectivity index (χ1n) is 10.1. The monoisotopic (exact) mass is 439 g/mol. The van der Waals surface area contributed by atoms with Crippen molar-refractivity contribution in [1.82, 2.24) is 10.3 Å². The Hall–Kier alpha value is -1.18. The third-order valence-corrected chi connectivity index (χ3v) is 5.86. The van der Waals surface area contributed by atoms with Crippen LogP contribution in [0, 0.1) is 0 Å². The fourth-order valence-corrected chi connectivity index (χ4v) is 4.33. The summed E-state index contributed by atoms with van der Waals surface area (Å²) in [6.45, 7) is 3.58. The van der Waals surface area contributed by atoms with E-state index in [4.69, 9.17) is 4.74 Å². The van der Waals surface area contributed by atoms with E-state index in [0.29, 0.717) is 30.6 Å². The highest BCUT2D eigenvalue weighted by Crippen LogP contribution is 2.27. The molecule has 2 fully saturated rings. The molecule has 2 heterocycles. The van der Waals surface area contributed by atoms with Crippen molar-refractivity contribution in [1.29, 1.82) is 0 Å². The van der Waals surface area contributed by atoms with E-state index in [1.807, 2.05) is 11.8 Å². The van der Waals surface area contributed by atoms with Crippen LogP contribution in [-0.2, 0) is 4.74 Å². The van der Waals surface area contributed by atoms with Gasteiger partial charge < -0.3 is 20.1 Å². The maximum atomic E-state index is 12.4. The average Bonchev–Trinajstić information content (AvgIpc) is 2.68. The van der Waals surface area contributed by atoms with Crippen molar-refractivity contribution in [2.24, 2.45) is 0 Å². The number of β-amino-alcohol motifs (C(OH)–C–C–N with tert-alkyl or cyclic N) is 1. The minimum Gasteiger partial charge on any atom is -0.462 e. The number of halogens is 1. The van der Waals surface area contributed by atoms with Crippen LogP contribution < -0.4 is 10.2 Å². The largest absolute Gasteiger partial charge is 0.462 e. The first kappa shape index (κ1) is 20.6. The van der Waals surface area contributed by atoms with Crippen molar-refractivity contribution < 1.29 is 14.6 Å². The maximum Gasteiger partial charge on any atom is 0.341 e. The van der Waals surface area contributed by atoms with E-state index < -0.39 is 6.10 Å². The highest BCUT2D eigenvalue weighted by Gasteiger charge is 2.32. The Morgan fingerprint density at radius 1 is 1.37 bits per heavy atom. The highest BCUT2D eigenvalue weighted by atomic mass is 79.9. The molecule has 0 aromatic carbocycles. The zero-order valence-corrected chi connectivity index (χ0v) is 17.6. The van der Waals surface area contributed by atoms with Crippen LogP contribution in [0.1, 0.15) is 62.2 Å². The molecule has 1 saturated heterocycles. The summed E-state index contributed by atoms with van der Waals surface area (Å²) in [5, 5.41) is 14.4. The molecule has 0 spiro atoms. The number of pyridine rings is 1. The van der Waals surface area contributed by atoms with Gasteiger partial charge in [-0.05, 0) is 47.7 Å². The molecule has 6 nitrogen and oxygen atoms in total. The molecule has 2 aliphatic rings. The van der Waals surface area contributed by atoms with Gasteiger partial charge in [-0.15, -0.1) is 0 Å². The molecule has 1 aliphatic heterocycles. The lowest BCUT2D eigenvalue weighted by Gasteiger charge is -2.39. The zero-order valence-electron chi connectivity index (χ0n) is 16.0. The van der Waals surface area contributed by atoms with Crippen LogP contribution in [0.5, 0.6) is 0 Å². The summed E-state index contributed by atoms with van der Waals surface area (Å²) >= 11 is 3.39. The third-order valence-electron chi connectivity index (χ3n) is 5.43. The molecule has 0 unspecified atom stereocenters. The average molecular weight is 440 g/mol. The van der Waals surface area contributed by atoms with Gasteiger partial charge in [0.05, 0.1) is 12.7 Å². The Morgan fingerprint density at radius 2 is 2.15 bits per heavy atom. The Kier molecular flexibility index (Phi) is 7.49. The molecule has 1 aromatic rings.